The number of thiazole rings is 1. The molecule has 7 rings (SSSR count). The fourth-order valence-corrected chi connectivity index (χ4v) is 12.3. The van der Waals surface area contributed by atoms with Crippen LogP contribution in [0.4, 0.5) is 34.7 Å². The quantitative estimate of drug-likeness (QED) is 0.205. The Kier molecular flexibility index (Phi) is 9.81. The first-order chi connectivity index (χ1) is 25.7. The molecule has 55 heavy (non-hydrogen) atoms. The van der Waals surface area contributed by atoms with Gasteiger partial charge in [0.15, 0.2) is 25.7 Å². The van der Waals surface area contributed by atoms with Crippen LogP contribution in [-0.4, -0.2) is 91.1 Å². The Morgan fingerprint density at radius 3 is 2.24 bits per heavy atom. The van der Waals surface area contributed by atoms with Crippen molar-refractivity contribution < 1.29 is 39.5 Å². The van der Waals surface area contributed by atoms with Crippen molar-refractivity contribution >= 4 is 54.1 Å². The van der Waals surface area contributed by atoms with Gasteiger partial charge in [-0.15, -0.1) is 0 Å². The molecule has 3 fully saturated rings. The van der Waals surface area contributed by atoms with Crippen LogP contribution in [0.3, 0.4) is 0 Å². The molecule has 19 heteroatoms. The first-order valence-corrected chi connectivity index (χ1v) is 21.7. The van der Waals surface area contributed by atoms with Gasteiger partial charge < -0.3 is 19.9 Å². The molecule has 2 aromatic heterocycles. The summed E-state index contributed by atoms with van der Waals surface area (Å²) < 4.78 is 103. The van der Waals surface area contributed by atoms with Crippen LogP contribution in [0.5, 0.6) is 0 Å². The molecule has 2 unspecified atom stereocenters. The molecule has 1 spiro atoms. The number of hydrogen-bond acceptors (Lipinski definition) is 12. The highest BCUT2D eigenvalue weighted by molar-refractivity contribution is 7.93. The Bertz CT molecular complexity index is 2340. The number of benzene rings is 2. The number of aromatic nitrogens is 3. The molecule has 1 amide bonds. The minimum Gasteiger partial charge on any atom is -0.444 e. The topological polar surface area (TPSA) is 164 Å². The number of amides is 1. The maximum Gasteiger partial charge on any atom is 0.410 e. The van der Waals surface area contributed by atoms with Gasteiger partial charge >= 0.3 is 6.09 Å². The van der Waals surface area contributed by atoms with Gasteiger partial charge in [0.25, 0.3) is 10.0 Å². The molecule has 0 radical (unpaired) electrons. The summed E-state index contributed by atoms with van der Waals surface area (Å²) in [5, 5.41) is 3.76. The first kappa shape index (κ1) is 38.8. The highest BCUT2D eigenvalue weighted by Crippen LogP contribution is 2.51. The van der Waals surface area contributed by atoms with E-state index in [1.54, 1.807) is 31.7 Å². The third-order valence-corrected chi connectivity index (χ3v) is 14.3. The van der Waals surface area contributed by atoms with Gasteiger partial charge in [0.2, 0.25) is 5.95 Å². The molecule has 2 N–H and O–H groups in total. The SMILES string of the molecule is CC1CN(C(=O)OC(C)(C)C)CC(C)N1c1nc(-c2cccc(NS(=O)(=O)c3c(F)cccc3F)c2F)c(-c2ccnc(NC3CC4(C3)CS(=O)(=O)C4)n2)s1. The maximum atomic E-state index is 16.5. The predicted molar refractivity (Wildman–Crippen MR) is 203 cm³/mol. The zero-order valence-electron chi connectivity index (χ0n) is 30.6. The van der Waals surface area contributed by atoms with Crippen LogP contribution in [0.2, 0.25) is 0 Å². The van der Waals surface area contributed by atoms with Gasteiger partial charge in [-0.05, 0) is 77.8 Å². The van der Waals surface area contributed by atoms with E-state index in [4.69, 9.17) is 14.7 Å². The van der Waals surface area contributed by atoms with Gasteiger partial charge in [0, 0.05) is 48.4 Å². The number of sulfonamides is 1. The van der Waals surface area contributed by atoms with E-state index in [1.807, 2.05) is 23.5 Å². The molecule has 1 aliphatic carbocycles. The van der Waals surface area contributed by atoms with E-state index in [-0.39, 0.29) is 52.3 Å². The minimum absolute atomic E-state index is 0.0355. The normalized spacial score (nSPS) is 20.8. The fourth-order valence-electron chi connectivity index (χ4n) is 7.63. The zero-order valence-corrected chi connectivity index (χ0v) is 33.1. The number of piperazine rings is 1. The summed E-state index contributed by atoms with van der Waals surface area (Å²) in [6.45, 7) is 9.86. The highest BCUT2D eigenvalue weighted by Gasteiger charge is 2.56. The number of nitrogens with one attached hydrogen (secondary N) is 2. The Balaban J connectivity index is 1.24. The summed E-state index contributed by atoms with van der Waals surface area (Å²) in [5.74, 6) is -3.10. The van der Waals surface area contributed by atoms with Crippen LogP contribution in [0.25, 0.3) is 21.8 Å². The standard InChI is InChI=1S/C36H40F3N7O6S3/c1-20-16-45(34(47)52-35(3,4)5)17-21(2)46(20)33-43-29(23-8-6-11-26(28(23)39)44-55(50,51)31-24(37)9-7-10-25(31)38)30(53-33)27-12-13-40-32(42-27)41-22-14-36(15-22)18-54(48,49)19-36/h6-13,20-22,44H,14-19H2,1-5H3,(H,40,41,42). The summed E-state index contributed by atoms with van der Waals surface area (Å²) in [4.78, 5) is 29.8. The van der Waals surface area contributed by atoms with Crippen LogP contribution in [0, 0.1) is 22.9 Å². The molecule has 0 bridgehead atoms. The van der Waals surface area contributed by atoms with Crippen molar-refractivity contribution in [1.82, 2.24) is 19.9 Å². The van der Waals surface area contributed by atoms with Crippen molar-refractivity contribution in [1.29, 1.82) is 0 Å². The van der Waals surface area contributed by atoms with Gasteiger partial charge in [0.05, 0.1) is 33.5 Å². The molecule has 13 nitrogen and oxygen atoms in total. The Morgan fingerprint density at radius 1 is 0.982 bits per heavy atom. The molecule has 3 aliphatic rings. The Morgan fingerprint density at radius 2 is 1.62 bits per heavy atom. The largest absolute Gasteiger partial charge is 0.444 e. The van der Waals surface area contributed by atoms with Crippen molar-refractivity contribution in [2.75, 3.05) is 39.5 Å². The molecule has 2 aromatic carbocycles. The van der Waals surface area contributed by atoms with Crippen LogP contribution in [-0.2, 0) is 24.6 Å². The van der Waals surface area contributed by atoms with E-state index in [2.05, 4.69) is 10.3 Å². The summed E-state index contributed by atoms with van der Waals surface area (Å²) in [7, 11) is -7.89. The van der Waals surface area contributed by atoms with Gasteiger partial charge in [-0.25, -0.2) is 49.8 Å². The smallest absolute Gasteiger partial charge is 0.410 e. The average molecular weight is 820 g/mol. The van der Waals surface area contributed by atoms with E-state index in [0.29, 0.717) is 41.6 Å². The zero-order chi connectivity index (χ0) is 39.7. The second-order valence-corrected chi connectivity index (χ2v) is 20.2. The van der Waals surface area contributed by atoms with E-state index in [0.717, 1.165) is 24.3 Å². The molecule has 2 atom stereocenters. The molecule has 294 valence electrons. The van der Waals surface area contributed by atoms with Crippen molar-refractivity contribution in [3.63, 3.8) is 0 Å². The number of nitrogens with zero attached hydrogens (tertiary/aromatic N) is 5. The lowest BCUT2D eigenvalue weighted by Gasteiger charge is -2.53. The Labute approximate surface area is 321 Å². The van der Waals surface area contributed by atoms with Crippen molar-refractivity contribution in [2.24, 2.45) is 5.41 Å². The number of anilines is 3. The number of halogens is 3. The van der Waals surface area contributed by atoms with Crippen LogP contribution >= 0.6 is 11.3 Å². The van der Waals surface area contributed by atoms with Gasteiger partial charge in [-0.2, -0.15) is 0 Å². The summed E-state index contributed by atoms with van der Waals surface area (Å²) in [5.41, 5.74) is -1.06. The van der Waals surface area contributed by atoms with E-state index < -0.39 is 59.6 Å². The maximum absolute atomic E-state index is 16.5. The van der Waals surface area contributed by atoms with E-state index in [1.165, 1.54) is 29.7 Å². The van der Waals surface area contributed by atoms with Crippen LogP contribution < -0.4 is 14.9 Å². The molecular formula is C36H40F3N7O6S3. The third kappa shape index (κ3) is 7.82. The number of carbonyl (C=O) groups excluding carboxylic acids is 1. The second kappa shape index (κ2) is 13.9. The molecule has 4 aromatic rings. The molecule has 4 heterocycles. The number of sulfone groups is 1. The summed E-state index contributed by atoms with van der Waals surface area (Å²) in [6, 6.07) is 7.60. The summed E-state index contributed by atoms with van der Waals surface area (Å²) >= 11 is 1.22. The molecule has 2 saturated heterocycles. The summed E-state index contributed by atoms with van der Waals surface area (Å²) in [6.07, 6.45) is 2.40. The fraction of sp³-hybridized carbons (Fsp3) is 0.444. The Hall–Kier alpha value is -4.49. The number of hydrogen-bond donors (Lipinski definition) is 2. The number of ether oxygens (including phenoxy) is 1. The molecular weight excluding hydrogens is 780 g/mol. The van der Waals surface area contributed by atoms with Crippen LogP contribution in [0.15, 0.2) is 53.6 Å². The molecule has 2 aliphatic heterocycles. The average Bonchev–Trinajstić information content (AvgIpc) is 3.47. The third-order valence-electron chi connectivity index (χ3n) is 9.73. The van der Waals surface area contributed by atoms with Crippen molar-refractivity contribution in [3.8, 4) is 21.8 Å². The monoisotopic (exact) mass is 819 g/mol. The van der Waals surface area contributed by atoms with Gasteiger partial charge in [0.1, 0.15) is 17.2 Å². The van der Waals surface area contributed by atoms with Crippen LogP contribution in [0.1, 0.15) is 47.5 Å². The highest BCUT2D eigenvalue weighted by atomic mass is 32.2. The minimum atomic E-state index is -4.91. The predicted octanol–water partition coefficient (Wildman–Crippen LogP) is 6.31. The van der Waals surface area contributed by atoms with E-state index >= 15 is 4.39 Å². The number of rotatable bonds is 8. The second-order valence-electron chi connectivity index (χ2n) is 15.5. The van der Waals surface area contributed by atoms with Crippen molar-refractivity contribution in [3.05, 3.63) is 66.1 Å². The molecule has 1 saturated carbocycles. The van der Waals surface area contributed by atoms with Crippen molar-refractivity contribution in [2.45, 2.75) is 76.1 Å². The van der Waals surface area contributed by atoms with E-state index in [9.17, 15) is 30.4 Å². The van der Waals surface area contributed by atoms with Gasteiger partial charge in [-0.3, -0.25) is 4.72 Å². The lowest BCUT2D eigenvalue weighted by molar-refractivity contribution is 0.0193. The van der Waals surface area contributed by atoms with Gasteiger partial charge in [-0.1, -0.05) is 23.5 Å². The lowest BCUT2D eigenvalue weighted by atomic mass is 9.67. The lowest BCUT2D eigenvalue weighted by Crippen LogP contribution is -2.60. The number of carbonyl (C=O) groups is 1. The first-order valence-electron chi connectivity index (χ1n) is 17.6.